The second-order valence-electron chi connectivity index (χ2n) is 7.31. The third-order valence-corrected chi connectivity index (χ3v) is 4.47. The van der Waals surface area contributed by atoms with Crippen LogP contribution in [0, 0.1) is 0 Å². The van der Waals surface area contributed by atoms with Crippen LogP contribution in [0.5, 0.6) is 5.75 Å². The summed E-state index contributed by atoms with van der Waals surface area (Å²) in [5.41, 5.74) is 11.6. The molecule has 0 bridgehead atoms. The van der Waals surface area contributed by atoms with Crippen LogP contribution in [0.25, 0.3) is 0 Å². The quantitative estimate of drug-likeness (QED) is 0.135. The fourth-order valence-corrected chi connectivity index (χ4v) is 2.75. The van der Waals surface area contributed by atoms with Crippen LogP contribution in [-0.2, 0) is 35.2 Å². The zero-order valence-electron chi connectivity index (χ0n) is 18.0. The van der Waals surface area contributed by atoms with Gasteiger partial charge in [0.15, 0.2) is 0 Å². The van der Waals surface area contributed by atoms with Crippen molar-refractivity contribution in [3.8, 4) is 5.75 Å². The van der Waals surface area contributed by atoms with Crippen LogP contribution in [0.1, 0.15) is 24.8 Å². The molecule has 3 unspecified atom stereocenters. The summed E-state index contributed by atoms with van der Waals surface area (Å²) in [5.74, 6) is -6.43. The number of nitrogens with one attached hydrogen (secondary N) is 3. The molecule has 0 aliphatic carbocycles. The van der Waals surface area contributed by atoms with E-state index in [9.17, 15) is 33.9 Å². The molecule has 0 fully saturated rings. The third-order valence-electron chi connectivity index (χ3n) is 4.47. The molecule has 10 N–H and O–H groups in total. The Kier molecular flexibility index (Phi) is 10.9. The Morgan fingerprint density at radius 3 is 1.97 bits per heavy atom. The smallest absolute Gasteiger partial charge is 0.322 e. The van der Waals surface area contributed by atoms with Gasteiger partial charge in [-0.05, 0) is 30.5 Å². The first-order valence-electron chi connectivity index (χ1n) is 10.0. The standard InChI is InChI=1S/C20H27N5O9/c21-12(7-10-1-3-11(26)4-2-10)18(32)24-13(5-6-15(22)27)20(34)25-14(8-16(28)29)19(33)23-9-17(30)31/h1-4,12-14,26H,5-9,21H2,(H2,22,27)(H,23,33)(H,24,32)(H,25,34)(H,28,29)(H,30,31). The number of aromatic hydroxyl groups is 1. The van der Waals surface area contributed by atoms with Gasteiger partial charge in [-0.1, -0.05) is 12.1 Å². The summed E-state index contributed by atoms with van der Waals surface area (Å²) < 4.78 is 0. The van der Waals surface area contributed by atoms with Gasteiger partial charge in [-0.25, -0.2) is 0 Å². The molecule has 0 aliphatic rings. The maximum atomic E-state index is 12.7. The molecule has 0 saturated carbocycles. The van der Waals surface area contributed by atoms with E-state index in [1.54, 1.807) is 12.1 Å². The van der Waals surface area contributed by atoms with Crippen molar-refractivity contribution in [3.05, 3.63) is 29.8 Å². The van der Waals surface area contributed by atoms with Crippen molar-refractivity contribution in [1.29, 1.82) is 0 Å². The molecule has 0 heterocycles. The van der Waals surface area contributed by atoms with Crippen LogP contribution in [0.15, 0.2) is 24.3 Å². The van der Waals surface area contributed by atoms with Gasteiger partial charge in [0.05, 0.1) is 12.5 Å². The number of carboxylic acids is 2. The molecule has 4 amide bonds. The van der Waals surface area contributed by atoms with Gasteiger partial charge in [-0.3, -0.25) is 28.8 Å². The molecular formula is C20H27N5O9. The zero-order valence-corrected chi connectivity index (χ0v) is 18.0. The molecule has 3 atom stereocenters. The van der Waals surface area contributed by atoms with Gasteiger partial charge in [0.2, 0.25) is 23.6 Å². The molecule has 14 heteroatoms. The van der Waals surface area contributed by atoms with Crippen molar-refractivity contribution in [3.63, 3.8) is 0 Å². The number of hydrogen-bond donors (Lipinski definition) is 8. The lowest BCUT2D eigenvalue weighted by atomic mass is 10.0. The zero-order chi connectivity index (χ0) is 25.8. The first-order chi connectivity index (χ1) is 15.9. The Balaban J connectivity index is 2.91. The summed E-state index contributed by atoms with van der Waals surface area (Å²) in [7, 11) is 0. The number of hydrogen-bond acceptors (Lipinski definition) is 8. The average Bonchev–Trinajstić information content (AvgIpc) is 2.75. The number of rotatable bonds is 14. The predicted octanol–water partition coefficient (Wildman–Crippen LogP) is -2.83. The number of carbonyl (C=O) groups excluding carboxylic acids is 4. The van der Waals surface area contributed by atoms with Gasteiger partial charge in [0, 0.05) is 6.42 Å². The van der Waals surface area contributed by atoms with Gasteiger partial charge >= 0.3 is 11.9 Å². The van der Waals surface area contributed by atoms with Crippen LogP contribution < -0.4 is 27.4 Å². The lowest BCUT2D eigenvalue weighted by Gasteiger charge is -2.23. The summed E-state index contributed by atoms with van der Waals surface area (Å²) in [6.45, 7) is -0.807. The van der Waals surface area contributed by atoms with Crippen molar-refractivity contribution in [2.45, 2.75) is 43.8 Å². The SMILES string of the molecule is NC(=O)CCC(NC(=O)C(N)Cc1ccc(O)cc1)C(=O)NC(CC(=O)O)C(=O)NCC(=O)O. The Morgan fingerprint density at radius 2 is 1.44 bits per heavy atom. The van der Waals surface area contributed by atoms with Crippen molar-refractivity contribution in [2.75, 3.05) is 6.54 Å². The highest BCUT2D eigenvalue weighted by atomic mass is 16.4. The minimum Gasteiger partial charge on any atom is -0.508 e. The lowest BCUT2D eigenvalue weighted by molar-refractivity contribution is -0.141. The molecular weight excluding hydrogens is 454 g/mol. The van der Waals surface area contributed by atoms with E-state index < -0.39 is 66.7 Å². The fourth-order valence-electron chi connectivity index (χ4n) is 2.75. The number of carboxylic acid groups (broad SMARTS) is 2. The number of benzene rings is 1. The van der Waals surface area contributed by atoms with E-state index >= 15 is 0 Å². The molecule has 14 nitrogen and oxygen atoms in total. The van der Waals surface area contributed by atoms with Gasteiger partial charge in [0.1, 0.15) is 24.4 Å². The molecule has 0 aliphatic heterocycles. The largest absolute Gasteiger partial charge is 0.508 e. The van der Waals surface area contributed by atoms with Crippen LogP contribution in [0.2, 0.25) is 0 Å². The fraction of sp³-hybridized carbons (Fsp3) is 0.400. The molecule has 0 spiro atoms. The van der Waals surface area contributed by atoms with Crippen molar-refractivity contribution >= 4 is 35.6 Å². The van der Waals surface area contributed by atoms with E-state index in [1.165, 1.54) is 12.1 Å². The third kappa shape index (κ3) is 10.4. The minimum absolute atomic E-state index is 0.0215. The van der Waals surface area contributed by atoms with Crippen LogP contribution in [-0.4, -0.2) is 75.6 Å². The monoisotopic (exact) mass is 481 g/mol. The number of phenols is 1. The second kappa shape index (κ2) is 13.4. The van der Waals surface area contributed by atoms with Crippen molar-refractivity contribution in [1.82, 2.24) is 16.0 Å². The molecule has 1 aromatic carbocycles. The number of primary amides is 1. The van der Waals surface area contributed by atoms with Crippen LogP contribution in [0.3, 0.4) is 0 Å². The number of nitrogens with two attached hydrogens (primary N) is 2. The van der Waals surface area contributed by atoms with Gasteiger partial charge in [-0.15, -0.1) is 0 Å². The second-order valence-corrected chi connectivity index (χ2v) is 7.31. The topological polar surface area (TPSA) is 251 Å². The number of aliphatic carboxylic acids is 2. The number of carbonyl (C=O) groups is 6. The summed E-state index contributed by atoms with van der Waals surface area (Å²) >= 11 is 0. The van der Waals surface area contributed by atoms with E-state index in [4.69, 9.17) is 21.7 Å². The first kappa shape index (κ1) is 27.8. The Hall–Kier alpha value is -4.20. The lowest BCUT2D eigenvalue weighted by Crippen LogP contribution is -2.56. The highest BCUT2D eigenvalue weighted by molar-refractivity contribution is 5.95. The van der Waals surface area contributed by atoms with E-state index in [-0.39, 0.29) is 25.0 Å². The molecule has 0 saturated heterocycles. The molecule has 0 radical (unpaired) electrons. The molecule has 1 aromatic rings. The summed E-state index contributed by atoms with van der Waals surface area (Å²) in [4.78, 5) is 70.2. The Morgan fingerprint density at radius 1 is 0.853 bits per heavy atom. The average molecular weight is 481 g/mol. The molecule has 34 heavy (non-hydrogen) atoms. The molecule has 0 aromatic heterocycles. The van der Waals surface area contributed by atoms with E-state index in [2.05, 4.69) is 10.6 Å². The predicted molar refractivity (Wildman–Crippen MR) is 115 cm³/mol. The molecule has 1 rings (SSSR count). The van der Waals surface area contributed by atoms with Crippen molar-refractivity contribution < 1.29 is 44.1 Å². The van der Waals surface area contributed by atoms with E-state index in [0.29, 0.717) is 5.56 Å². The normalized spacial score (nSPS) is 13.1. The molecule has 186 valence electrons. The van der Waals surface area contributed by atoms with Gasteiger partial charge in [0.25, 0.3) is 0 Å². The summed E-state index contributed by atoms with van der Waals surface area (Å²) in [5, 5.41) is 33.4. The van der Waals surface area contributed by atoms with Crippen molar-refractivity contribution in [2.24, 2.45) is 11.5 Å². The van der Waals surface area contributed by atoms with Crippen LogP contribution in [0.4, 0.5) is 0 Å². The highest BCUT2D eigenvalue weighted by Crippen LogP contribution is 2.11. The maximum Gasteiger partial charge on any atom is 0.322 e. The summed E-state index contributed by atoms with van der Waals surface area (Å²) in [6, 6.07) is 1.74. The highest BCUT2D eigenvalue weighted by Gasteiger charge is 2.30. The van der Waals surface area contributed by atoms with E-state index in [0.717, 1.165) is 0 Å². The summed E-state index contributed by atoms with van der Waals surface area (Å²) in [6.07, 6.45) is -1.40. The minimum atomic E-state index is -1.65. The van der Waals surface area contributed by atoms with Gasteiger partial charge < -0.3 is 42.7 Å². The first-order valence-corrected chi connectivity index (χ1v) is 10.0. The van der Waals surface area contributed by atoms with Crippen LogP contribution >= 0.6 is 0 Å². The number of phenolic OH excluding ortho intramolecular Hbond substituents is 1. The number of amides is 4. The Labute approximate surface area is 193 Å². The Bertz CT molecular complexity index is 920. The maximum absolute atomic E-state index is 12.7. The van der Waals surface area contributed by atoms with E-state index in [1.807, 2.05) is 5.32 Å². The van der Waals surface area contributed by atoms with Gasteiger partial charge in [-0.2, -0.15) is 0 Å².